The highest BCUT2D eigenvalue weighted by Gasteiger charge is 2.24. The lowest BCUT2D eigenvalue weighted by molar-refractivity contribution is -0.148. The number of benzene rings is 1. The van der Waals surface area contributed by atoms with Crippen LogP contribution in [0.1, 0.15) is 37.7 Å². The zero-order valence-corrected chi connectivity index (χ0v) is 16.4. The van der Waals surface area contributed by atoms with Crippen molar-refractivity contribution >= 4 is 27.9 Å². The molecule has 1 fully saturated rings. The quantitative estimate of drug-likeness (QED) is 0.641. The van der Waals surface area contributed by atoms with Crippen LogP contribution in [-0.4, -0.2) is 50.3 Å². The number of hydrogen-bond donors (Lipinski definition) is 2. The first kappa shape index (κ1) is 21.8. The summed E-state index contributed by atoms with van der Waals surface area (Å²) in [5.74, 6) is -1.41. The molecule has 9 nitrogen and oxygen atoms in total. The molecule has 1 aromatic carbocycles. The van der Waals surface area contributed by atoms with Gasteiger partial charge < -0.3 is 10.5 Å². The van der Waals surface area contributed by atoms with Crippen molar-refractivity contribution in [2.24, 2.45) is 5.73 Å². The molecule has 1 aliphatic heterocycles. The standard InChI is InChI=1S/C18H25N3O6S/c19-18(24)20-16(22)13-27-17(23)10-7-14-5-8-15(9-6-14)28(25,26)21-11-3-1-2-4-12-21/h5-6,8-9H,1-4,7,10-13H2,(H3,19,20,22,24). The smallest absolute Gasteiger partial charge is 0.318 e. The molecular formula is C18H25N3O6S. The predicted octanol–water partition coefficient (Wildman–Crippen LogP) is 0.922. The van der Waals surface area contributed by atoms with Gasteiger partial charge in [-0.3, -0.25) is 14.9 Å². The number of aryl methyl sites for hydroxylation is 1. The fourth-order valence-corrected chi connectivity index (χ4v) is 4.41. The van der Waals surface area contributed by atoms with E-state index in [1.54, 1.807) is 29.6 Å². The Balaban J connectivity index is 1.86. The maximum atomic E-state index is 12.7. The lowest BCUT2D eigenvalue weighted by atomic mass is 10.1. The van der Waals surface area contributed by atoms with Crippen molar-refractivity contribution in [1.29, 1.82) is 0 Å². The van der Waals surface area contributed by atoms with Crippen LogP contribution in [0, 0.1) is 0 Å². The number of nitrogens with one attached hydrogen (secondary N) is 1. The molecule has 1 aromatic rings. The first-order chi connectivity index (χ1) is 13.3. The molecule has 1 heterocycles. The van der Waals surface area contributed by atoms with Gasteiger partial charge in [0.1, 0.15) is 0 Å². The third-order valence-electron chi connectivity index (χ3n) is 4.37. The minimum absolute atomic E-state index is 0.0159. The summed E-state index contributed by atoms with van der Waals surface area (Å²) in [6.45, 7) is 0.493. The monoisotopic (exact) mass is 411 g/mol. The van der Waals surface area contributed by atoms with Gasteiger partial charge >= 0.3 is 12.0 Å². The molecule has 154 valence electrons. The van der Waals surface area contributed by atoms with E-state index >= 15 is 0 Å². The normalized spacial score (nSPS) is 15.4. The van der Waals surface area contributed by atoms with Crippen molar-refractivity contribution in [3.05, 3.63) is 29.8 Å². The number of nitrogens with two attached hydrogens (primary N) is 1. The van der Waals surface area contributed by atoms with Gasteiger partial charge in [-0.25, -0.2) is 13.2 Å². The summed E-state index contributed by atoms with van der Waals surface area (Å²) in [5.41, 5.74) is 5.55. The predicted molar refractivity (Wildman–Crippen MR) is 101 cm³/mol. The van der Waals surface area contributed by atoms with E-state index in [2.05, 4.69) is 0 Å². The van der Waals surface area contributed by atoms with Crippen LogP contribution in [0.5, 0.6) is 0 Å². The summed E-state index contributed by atoms with van der Waals surface area (Å²) in [6.07, 6.45) is 4.19. The maximum absolute atomic E-state index is 12.7. The van der Waals surface area contributed by atoms with E-state index in [9.17, 15) is 22.8 Å². The van der Waals surface area contributed by atoms with Crippen molar-refractivity contribution in [2.45, 2.75) is 43.4 Å². The van der Waals surface area contributed by atoms with E-state index in [0.717, 1.165) is 31.2 Å². The first-order valence-electron chi connectivity index (χ1n) is 9.13. The second-order valence-electron chi connectivity index (χ2n) is 6.54. The van der Waals surface area contributed by atoms with Gasteiger partial charge in [0.05, 0.1) is 4.90 Å². The van der Waals surface area contributed by atoms with Crippen LogP contribution < -0.4 is 11.1 Å². The number of sulfonamides is 1. The van der Waals surface area contributed by atoms with Crippen molar-refractivity contribution in [3.63, 3.8) is 0 Å². The highest BCUT2D eigenvalue weighted by Crippen LogP contribution is 2.21. The largest absolute Gasteiger partial charge is 0.456 e. The minimum atomic E-state index is -3.50. The molecule has 0 radical (unpaired) electrons. The Kier molecular flexibility index (Phi) is 7.94. The first-order valence-corrected chi connectivity index (χ1v) is 10.6. The van der Waals surface area contributed by atoms with Crippen molar-refractivity contribution in [3.8, 4) is 0 Å². The fourth-order valence-electron chi connectivity index (χ4n) is 2.90. The number of nitrogens with zero attached hydrogens (tertiary/aromatic N) is 1. The second-order valence-corrected chi connectivity index (χ2v) is 8.47. The summed E-state index contributed by atoms with van der Waals surface area (Å²) in [6, 6.07) is 5.40. The van der Waals surface area contributed by atoms with Crippen LogP contribution in [-0.2, 0) is 30.8 Å². The number of esters is 1. The Hall–Kier alpha value is -2.46. The van der Waals surface area contributed by atoms with E-state index in [0.29, 0.717) is 19.5 Å². The van der Waals surface area contributed by atoms with Gasteiger partial charge in [0.25, 0.3) is 5.91 Å². The van der Waals surface area contributed by atoms with E-state index in [4.69, 9.17) is 10.5 Å². The van der Waals surface area contributed by atoms with Crippen molar-refractivity contribution < 1.29 is 27.5 Å². The van der Waals surface area contributed by atoms with Gasteiger partial charge in [0.2, 0.25) is 10.0 Å². The third kappa shape index (κ3) is 6.61. The van der Waals surface area contributed by atoms with Crippen LogP contribution in [0.3, 0.4) is 0 Å². The Labute approximate surface area is 164 Å². The van der Waals surface area contributed by atoms with Gasteiger partial charge in [-0.05, 0) is 37.0 Å². The molecule has 0 aromatic heterocycles. The van der Waals surface area contributed by atoms with Crippen molar-refractivity contribution in [2.75, 3.05) is 19.7 Å². The summed E-state index contributed by atoms with van der Waals surface area (Å²) in [7, 11) is -3.50. The molecular weight excluding hydrogens is 386 g/mol. The molecule has 10 heteroatoms. The molecule has 3 amide bonds. The average molecular weight is 411 g/mol. The highest BCUT2D eigenvalue weighted by atomic mass is 32.2. The second kappa shape index (κ2) is 10.2. The average Bonchev–Trinajstić information content (AvgIpc) is 2.94. The molecule has 1 saturated heterocycles. The number of imide groups is 1. The van der Waals surface area contributed by atoms with Gasteiger partial charge in [-0.15, -0.1) is 0 Å². The Morgan fingerprint density at radius 1 is 1.04 bits per heavy atom. The molecule has 0 aliphatic carbocycles. The fraction of sp³-hybridized carbons (Fsp3) is 0.500. The van der Waals surface area contributed by atoms with E-state index < -0.39 is 34.5 Å². The van der Waals surface area contributed by atoms with Gasteiger partial charge in [0, 0.05) is 19.5 Å². The zero-order chi connectivity index (χ0) is 20.6. The topological polar surface area (TPSA) is 136 Å². The summed E-state index contributed by atoms with van der Waals surface area (Å²) in [5, 5.41) is 1.78. The maximum Gasteiger partial charge on any atom is 0.318 e. The van der Waals surface area contributed by atoms with Gasteiger partial charge in [-0.1, -0.05) is 25.0 Å². The van der Waals surface area contributed by atoms with Crippen LogP contribution in [0.4, 0.5) is 4.79 Å². The van der Waals surface area contributed by atoms with E-state index in [1.165, 1.54) is 4.31 Å². The van der Waals surface area contributed by atoms with E-state index in [1.807, 2.05) is 0 Å². The molecule has 0 bridgehead atoms. The Morgan fingerprint density at radius 3 is 2.21 bits per heavy atom. The number of carbonyl (C=O) groups is 3. The van der Waals surface area contributed by atoms with Crippen LogP contribution in [0.2, 0.25) is 0 Å². The lowest BCUT2D eigenvalue weighted by Crippen LogP contribution is -2.37. The summed E-state index contributed by atoms with van der Waals surface area (Å²) < 4.78 is 31.7. The van der Waals surface area contributed by atoms with E-state index in [-0.39, 0.29) is 11.3 Å². The summed E-state index contributed by atoms with van der Waals surface area (Å²) >= 11 is 0. The third-order valence-corrected chi connectivity index (χ3v) is 6.28. The zero-order valence-electron chi connectivity index (χ0n) is 15.6. The summed E-state index contributed by atoms with van der Waals surface area (Å²) in [4.78, 5) is 33.5. The molecule has 0 saturated carbocycles. The van der Waals surface area contributed by atoms with Crippen molar-refractivity contribution in [1.82, 2.24) is 9.62 Å². The SMILES string of the molecule is NC(=O)NC(=O)COC(=O)CCc1ccc(S(=O)(=O)N2CCCCCC2)cc1. The van der Waals surface area contributed by atoms with Crippen LogP contribution >= 0.6 is 0 Å². The van der Waals surface area contributed by atoms with Gasteiger partial charge in [0.15, 0.2) is 6.61 Å². The lowest BCUT2D eigenvalue weighted by Gasteiger charge is -2.20. The molecule has 1 aliphatic rings. The number of urea groups is 1. The van der Waals surface area contributed by atoms with Crippen LogP contribution in [0.15, 0.2) is 29.2 Å². The van der Waals surface area contributed by atoms with Crippen LogP contribution in [0.25, 0.3) is 0 Å². The molecule has 2 rings (SSSR count). The molecule has 0 atom stereocenters. The highest BCUT2D eigenvalue weighted by molar-refractivity contribution is 7.89. The number of ether oxygens (including phenoxy) is 1. The Bertz CT molecular complexity index is 799. The van der Waals surface area contributed by atoms with Gasteiger partial charge in [-0.2, -0.15) is 4.31 Å². The molecule has 3 N–H and O–H groups in total. The minimum Gasteiger partial charge on any atom is -0.456 e. The number of hydrogen-bond acceptors (Lipinski definition) is 6. The number of rotatable bonds is 7. The number of carbonyl (C=O) groups excluding carboxylic acids is 3. The number of primary amides is 1. The number of amides is 3. The molecule has 0 unspecified atom stereocenters. The molecule has 0 spiro atoms. The Morgan fingerprint density at radius 2 is 1.64 bits per heavy atom. The molecule has 28 heavy (non-hydrogen) atoms.